The molecule has 0 aromatic heterocycles. The van der Waals surface area contributed by atoms with Crippen LogP contribution in [0.2, 0.25) is 0 Å². The first-order valence-corrected chi connectivity index (χ1v) is 9.45. The van der Waals surface area contributed by atoms with E-state index < -0.39 is 11.9 Å². The number of carbonyl (C=O) groups is 2. The molecular weight excluding hydrogens is 382 g/mol. The standard InChI is InChI=1S/C24H19NO5/c26-23(17-9-5-2-6-10-17)25-20-13-18(11-12-19(20)24(27)28)22-15-29-14-21(30-22)16-7-3-1-4-8-16/h1-3,5-7,9-15H,4,8H2,(H,25,26)(H,27,28). The fraction of sp³-hybridized carbons (Fsp3) is 0.0833. The minimum atomic E-state index is -1.14. The molecule has 0 radical (unpaired) electrons. The van der Waals surface area contributed by atoms with Gasteiger partial charge in [-0.05, 0) is 42.7 Å². The van der Waals surface area contributed by atoms with E-state index in [9.17, 15) is 14.7 Å². The monoisotopic (exact) mass is 401 g/mol. The fourth-order valence-electron chi connectivity index (χ4n) is 3.17. The Labute approximate surface area is 173 Å². The first kappa shape index (κ1) is 19.3. The van der Waals surface area contributed by atoms with Crippen molar-refractivity contribution >= 4 is 23.3 Å². The summed E-state index contributed by atoms with van der Waals surface area (Å²) in [5, 5.41) is 12.2. The maximum atomic E-state index is 12.5. The van der Waals surface area contributed by atoms with Crippen molar-refractivity contribution in [1.82, 2.24) is 0 Å². The molecule has 0 bridgehead atoms. The average Bonchev–Trinajstić information content (AvgIpc) is 2.80. The highest BCUT2D eigenvalue weighted by Crippen LogP contribution is 2.32. The van der Waals surface area contributed by atoms with Gasteiger partial charge >= 0.3 is 5.97 Å². The Morgan fingerprint density at radius 2 is 1.80 bits per heavy atom. The van der Waals surface area contributed by atoms with E-state index in [2.05, 4.69) is 11.4 Å². The first-order valence-electron chi connectivity index (χ1n) is 9.45. The minimum absolute atomic E-state index is 0.0174. The average molecular weight is 401 g/mol. The van der Waals surface area contributed by atoms with Gasteiger partial charge in [0.1, 0.15) is 12.5 Å². The minimum Gasteiger partial charge on any atom is -0.478 e. The van der Waals surface area contributed by atoms with Gasteiger partial charge in [-0.1, -0.05) is 42.5 Å². The molecule has 1 aliphatic carbocycles. The second kappa shape index (κ2) is 8.53. The molecule has 2 aromatic carbocycles. The number of amides is 1. The molecule has 1 amide bonds. The number of anilines is 1. The van der Waals surface area contributed by atoms with E-state index in [4.69, 9.17) is 9.47 Å². The largest absolute Gasteiger partial charge is 0.478 e. The molecule has 30 heavy (non-hydrogen) atoms. The summed E-state index contributed by atoms with van der Waals surface area (Å²) in [6.45, 7) is 0. The maximum Gasteiger partial charge on any atom is 0.337 e. The molecule has 2 aromatic rings. The van der Waals surface area contributed by atoms with Crippen LogP contribution in [0.15, 0.2) is 90.6 Å². The molecule has 4 rings (SSSR count). The van der Waals surface area contributed by atoms with Crippen LogP contribution >= 0.6 is 0 Å². The molecule has 0 saturated heterocycles. The summed E-state index contributed by atoms with van der Waals surface area (Å²) in [5.41, 5.74) is 2.19. The summed E-state index contributed by atoms with van der Waals surface area (Å²) in [6.07, 6.45) is 10.8. The Morgan fingerprint density at radius 1 is 1.00 bits per heavy atom. The predicted octanol–water partition coefficient (Wildman–Crippen LogP) is 5.10. The smallest absolute Gasteiger partial charge is 0.337 e. The molecule has 1 aliphatic heterocycles. The Morgan fingerprint density at radius 3 is 2.53 bits per heavy atom. The highest BCUT2D eigenvalue weighted by molar-refractivity contribution is 6.08. The van der Waals surface area contributed by atoms with E-state index in [0.29, 0.717) is 22.6 Å². The zero-order chi connectivity index (χ0) is 20.9. The fourth-order valence-corrected chi connectivity index (χ4v) is 3.17. The van der Waals surface area contributed by atoms with Crippen molar-refractivity contribution in [2.24, 2.45) is 0 Å². The van der Waals surface area contributed by atoms with Crippen LogP contribution in [-0.4, -0.2) is 17.0 Å². The van der Waals surface area contributed by atoms with Gasteiger partial charge in [0.15, 0.2) is 11.5 Å². The van der Waals surface area contributed by atoms with Crippen LogP contribution in [0.4, 0.5) is 5.69 Å². The second-order valence-electron chi connectivity index (χ2n) is 6.75. The van der Waals surface area contributed by atoms with Gasteiger partial charge in [0.05, 0.1) is 11.3 Å². The lowest BCUT2D eigenvalue weighted by Crippen LogP contribution is -2.15. The molecule has 0 unspecified atom stereocenters. The molecule has 2 N–H and O–H groups in total. The molecule has 0 atom stereocenters. The third kappa shape index (κ3) is 4.17. The highest BCUT2D eigenvalue weighted by Gasteiger charge is 2.20. The summed E-state index contributed by atoms with van der Waals surface area (Å²) >= 11 is 0. The van der Waals surface area contributed by atoms with E-state index in [0.717, 1.165) is 18.4 Å². The quantitative estimate of drug-likeness (QED) is 0.728. The van der Waals surface area contributed by atoms with Gasteiger partial charge in [0.2, 0.25) is 0 Å². The normalized spacial score (nSPS) is 15.1. The molecule has 0 spiro atoms. The number of hydrogen-bond donors (Lipinski definition) is 2. The van der Waals surface area contributed by atoms with Crippen molar-refractivity contribution in [3.05, 3.63) is 107 Å². The van der Waals surface area contributed by atoms with Crippen LogP contribution in [0.3, 0.4) is 0 Å². The van der Waals surface area contributed by atoms with Crippen LogP contribution in [-0.2, 0) is 9.47 Å². The Kier molecular flexibility index (Phi) is 5.48. The number of ether oxygens (including phenoxy) is 2. The molecular formula is C24H19NO5. The Hall–Kier alpha value is -4.06. The molecule has 150 valence electrons. The number of allylic oxidation sites excluding steroid dienone is 4. The summed E-state index contributed by atoms with van der Waals surface area (Å²) < 4.78 is 11.4. The van der Waals surface area contributed by atoms with Gasteiger partial charge < -0.3 is 19.9 Å². The van der Waals surface area contributed by atoms with E-state index >= 15 is 0 Å². The third-order valence-corrected chi connectivity index (χ3v) is 4.72. The molecule has 2 aliphatic rings. The number of rotatable bonds is 5. The van der Waals surface area contributed by atoms with E-state index in [-0.39, 0.29) is 11.3 Å². The van der Waals surface area contributed by atoms with Gasteiger partial charge in [-0.2, -0.15) is 0 Å². The molecule has 0 saturated carbocycles. The summed E-state index contributed by atoms with van der Waals surface area (Å²) in [7, 11) is 0. The van der Waals surface area contributed by atoms with Crippen molar-refractivity contribution in [3.63, 3.8) is 0 Å². The number of hydrogen-bond acceptors (Lipinski definition) is 4. The van der Waals surface area contributed by atoms with E-state index in [1.54, 1.807) is 42.5 Å². The first-order chi connectivity index (χ1) is 14.6. The van der Waals surface area contributed by atoms with Crippen molar-refractivity contribution in [3.8, 4) is 0 Å². The van der Waals surface area contributed by atoms with Gasteiger partial charge in [-0.15, -0.1) is 0 Å². The van der Waals surface area contributed by atoms with E-state index in [1.807, 2.05) is 12.2 Å². The lowest BCUT2D eigenvalue weighted by molar-refractivity contribution is 0.0698. The van der Waals surface area contributed by atoms with Gasteiger partial charge in [-0.3, -0.25) is 4.79 Å². The van der Waals surface area contributed by atoms with Crippen molar-refractivity contribution in [2.75, 3.05) is 5.32 Å². The predicted molar refractivity (Wildman–Crippen MR) is 112 cm³/mol. The van der Waals surface area contributed by atoms with Gasteiger partial charge in [0.25, 0.3) is 5.91 Å². The van der Waals surface area contributed by atoms with E-state index in [1.165, 1.54) is 18.6 Å². The summed E-state index contributed by atoms with van der Waals surface area (Å²) in [6, 6.07) is 13.2. The molecule has 1 heterocycles. The third-order valence-electron chi connectivity index (χ3n) is 4.72. The number of carboxylic acids is 1. The summed E-state index contributed by atoms with van der Waals surface area (Å²) in [5.74, 6) is -0.506. The lowest BCUT2D eigenvalue weighted by atomic mass is 10.0. The number of benzene rings is 2. The zero-order valence-corrected chi connectivity index (χ0v) is 16.0. The Balaban J connectivity index is 1.60. The van der Waals surface area contributed by atoms with Crippen LogP contribution < -0.4 is 5.32 Å². The van der Waals surface area contributed by atoms with Crippen LogP contribution in [0.1, 0.15) is 39.1 Å². The maximum absolute atomic E-state index is 12.5. The molecule has 0 fully saturated rings. The van der Waals surface area contributed by atoms with Gasteiger partial charge in [-0.25, -0.2) is 4.79 Å². The highest BCUT2D eigenvalue weighted by atomic mass is 16.5. The topological polar surface area (TPSA) is 84.9 Å². The van der Waals surface area contributed by atoms with Crippen molar-refractivity contribution < 1.29 is 24.2 Å². The van der Waals surface area contributed by atoms with Crippen LogP contribution in [0, 0.1) is 0 Å². The summed E-state index contributed by atoms with van der Waals surface area (Å²) in [4.78, 5) is 24.2. The number of carboxylic acid groups (broad SMARTS) is 1. The molecule has 6 nitrogen and oxygen atoms in total. The van der Waals surface area contributed by atoms with Crippen molar-refractivity contribution in [2.45, 2.75) is 12.8 Å². The number of aromatic carboxylic acids is 1. The zero-order valence-electron chi connectivity index (χ0n) is 16.0. The number of carbonyl (C=O) groups excluding carboxylic acids is 1. The lowest BCUT2D eigenvalue weighted by Gasteiger charge is -2.20. The van der Waals surface area contributed by atoms with Crippen LogP contribution in [0.25, 0.3) is 5.76 Å². The van der Waals surface area contributed by atoms with Crippen molar-refractivity contribution in [1.29, 1.82) is 0 Å². The number of nitrogens with one attached hydrogen (secondary N) is 1. The SMILES string of the molecule is O=C(Nc1cc(C2=COC=C(C3=CC=CCC3)O2)ccc1C(=O)O)c1ccccc1. The van der Waals surface area contributed by atoms with Gasteiger partial charge in [0, 0.05) is 11.1 Å². The van der Waals surface area contributed by atoms with Crippen LogP contribution in [0.5, 0.6) is 0 Å². The second-order valence-corrected chi connectivity index (χ2v) is 6.75. The molecule has 6 heteroatoms. The Bertz CT molecular complexity index is 1110.